The molecule has 1 aliphatic carbocycles. The number of carboxylic acid groups (broad SMARTS) is 1. The number of methoxy groups -OCH3 is 1. The summed E-state index contributed by atoms with van der Waals surface area (Å²) in [5, 5.41) is 32.5. The Morgan fingerprint density at radius 3 is 2.36 bits per heavy atom. The van der Waals surface area contributed by atoms with Crippen LogP contribution in [0.25, 0.3) is 33.4 Å². The number of carbonyl (C=O) groups is 1. The zero-order chi connectivity index (χ0) is 32.2. The minimum absolute atomic E-state index is 0.0267. The van der Waals surface area contributed by atoms with Crippen LogP contribution in [0.5, 0.6) is 0 Å². The van der Waals surface area contributed by atoms with Gasteiger partial charge in [0.25, 0.3) is 5.60 Å². The molecule has 3 aliphatic heterocycles. The van der Waals surface area contributed by atoms with E-state index in [1.54, 1.807) is 9.48 Å². The first-order valence-electron chi connectivity index (χ1n) is 13.5. The van der Waals surface area contributed by atoms with E-state index in [1.807, 2.05) is 0 Å². The summed E-state index contributed by atoms with van der Waals surface area (Å²) in [6.07, 6.45) is -2.10. The van der Waals surface area contributed by atoms with E-state index in [0.29, 0.717) is 11.0 Å². The van der Waals surface area contributed by atoms with Gasteiger partial charge in [0, 0.05) is 52.6 Å². The van der Waals surface area contributed by atoms with Crippen molar-refractivity contribution in [3.63, 3.8) is 0 Å². The molecule has 45 heavy (non-hydrogen) atoms. The van der Waals surface area contributed by atoms with Crippen LogP contribution in [0.15, 0.2) is 40.8 Å². The number of aromatic carboxylic acids is 1. The summed E-state index contributed by atoms with van der Waals surface area (Å²) >= 11 is 0. The number of hydrogen-bond donors (Lipinski definition) is 0. The van der Waals surface area contributed by atoms with Gasteiger partial charge in [0.15, 0.2) is 24.7 Å². The van der Waals surface area contributed by atoms with Crippen molar-refractivity contribution in [3.8, 4) is 34.6 Å². The molecular weight excluding hydrogens is 603 g/mol. The molecule has 14 heteroatoms. The van der Waals surface area contributed by atoms with E-state index in [9.17, 15) is 29.2 Å². The highest BCUT2D eigenvalue weighted by Gasteiger charge is 2.44. The van der Waals surface area contributed by atoms with Crippen LogP contribution in [-0.4, -0.2) is 58.4 Å². The summed E-state index contributed by atoms with van der Waals surface area (Å²) in [6.45, 7) is -0.434. The fourth-order valence-corrected chi connectivity index (χ4v) is 5.62. The van der Waals surface area contributed by atoms with Gasteiger partial charge in [0.05, 0.1) is 30.7 Å². The molecule has 3 heterocycles. The Morgan fingerprint density at radius 2 is 1.76 bits per heavy atom. The Hall–Kier alpha value is -5.05. The second-order valence-electron chi connectivity index (χ2n) is 10.7. The first-order chi connectivity index (χ1) is 21.5. The fourth-order valence-electron chi connectivity index (χ4n) is 5.62. The number of ether oxygens (including phenoxy) is 2. The molecule has 2 aromatic carbocycles. The van der Waals surface area contributed by atoms with Gasteiger partial charge >= 0.3 is 0 Å². The van der Waals surface area contributed by atoms with E-state index >= 15 is 13.2 Å². The van der Waals surface area contributed by atoms with Gasteiger partial charge in [0.2, 0.25) is 11.5 Å². The van der Waals surface area contributed by atoms with Crippen molar-refractivity contribution in [3.05, 3.63) is 70.3 Å². The van der Waals surface area contributed by atoms with Crippen LogP contribution in [0.2, 0.25) is 0 Å². The zero-order valence-electron chi connectivity index (χ0n) is 23.4. The average Bonchev–Trinajstić information content (AvgIpc) is 2.99. The van der Waals surface area contributed by atoms with Crippen LogP contribution < -0.4 is 19.9 Å². The molecule has 0 saturated carbocycles. The van der Waals surface area contributed by atoms with Crippen LogP contribution in [0.3, 0.4) is 0 Å². The SMILES string of the molecule is COCOC(C#N)(C#N)c1c(F)c(F)c(C(=O)[O-])c(-c2c3ccc(=[N+]4CC(F)C4)cc-3oc3cc(N4CC(F)C4)ccc23)c1F. The number of carboxylic acids is 1. The highest BCUT2D eigenvalue weighted by Crippen LogP contribution is 2.46. The number of alkyl halides is 2. The molecule has 0 unspecified atom stereocenters. The first kappa shape index (κ1) is 30.0. The lowest BCUT2D eigenvalue weighted by Gasteiger charge is -2.36. The lowest BCUT2D eigenvalue weighted by Crippen LogP contribution is -2.50. The van der Waals surface area contributed by atoms with Gasteiger partial charge in [-0.25, -0.2) is 26.5 Å². The van der Waals surface area contributed by atoms with Gasteiger partial charge in [-0.1, -0.05) is 0 Å². The van der Waals surface area contributed by atoms with Crippen molar-refractivity contribution in [2.45, 2.75) is 17.9 Å². The number of carbonyl (C=O) groups excluding carboxylic acids is 1. The Balaban J connectivity index is 1.74. The lowest BCUT2D eigenvalue weighted by molar-refractivity contribution is -0.255. The number of halogens is 5. The third-order valence-electron chi connectivity index (χ3n) is 7.93. The van der Waals surface area contributed by atoms with Gasteiger partial charge in [-0.3, -0.25) is 0 Å². The standard InChI is InChI=1S/C31H21F5N4O5/c1-43-14-44-31(12-37,13-38)26-27(34)24(25(30(41)42)28(35)29(26)36)23-19-4-2-17(39-8-15(32)9-39)6-21(19)45-22-7-18(3-5-20(22)23)40-10-16(33)11-40/h2-7,15-16H,8-11,14H2,1H3. The van der Waals surface area contributed by atoms with Crippen molar-refractivity contribution < 1.29 is 45.7 Å². The van der Waals surface area contributed by atoms with Crippen molar-refractivity contribution in [2.24, 2.45) is 0 Å². The van der Waals surface area contributed by atoms with Gasteiger partial charge in [-0.2, -0.15) is 10.5 Å². The number of nitriles is 2. The van der Waals surface area contributed by atoms with Crippen LogP contribution in [0.4, 0.5) is 27.6 Å². The van der Waals surface area contributed by atoms with Crippen LogP contribution >= 0.6 is 0 Å². The Labute approximate surface area is 251 Å². The number of benzene rings is 3. The molecule has 0 aromatic heterocycles. The van der Waals surface area contributed by atoms with Gasteiger partial charge in [-0.15, -0.1) is 0 Å². The van der Waals surface area contributed by atoms with Crippen molar-refractivity contribution in [1.29, 1.82) is 10.5 Å². The van der Waals surface area contributed by atoms with Crippen molar-refractivity contribution in [1.82, 2.24) is 4.58 Å². The largest absolute Gasteiger partial charge is 0.545 e. The molecule has 2 fully saturated rings. The van der Waals surface area contributed by atoms with Gasteiger partial charge < -0.3 is 28.7 Å². The summed E-state index contributed by atoms with van der Waals surface area (Å²) in [5.41, 5.74) is -6.88. The topological polar surface area (TPSA) is 126 Å². The van der Waals surface area contributed by atoms with E-state index in [-0.39, 0.29) is 54.0 Å². The quantitative estimate of drug-likeness (QED) is 0.101. The molecule has 2 aromatic rings. The van der Waals surface area contributed by atoms with Crippen LogP contribution in [0.1, 0.15) is 15.9 Å². The number of fused-ring (bicyclic) bond motifs is 2. The Bertz CT molecular complexity index is 1990. The molecule has 6 rings (SSSR count). The third-order valence-corrected chi connectivity index (χ3v) is 7.93. The second-order valence-corrected chi connectivity index (χ2v) is 10.7. The maximum absolute atomic E-state index is 16.7. The maximum Gasteiger partial charge on any atom is 0.275 e. The molecule has 0 bridgehead atoms. The smallest absolute Gasteiger partial charge is 0.275 e. The molecule has 0 N–H and O–H groups in total. The summed E-state index contributed by atoms with van der Waals surface area (Å²) < 4.78 is 92.8. The molecule has 4 aliphatic rings. The number of hydrogen-bond acceptors (Lipinski definition) is 8. The van der Waals surface area contributed by atoms with Gasteiger partial charge in [-0.05, 0) is 18.2 Å². The van der Waals surface area contributed by atoms with Crippen molar-refractivity contribution >= 4 is 22.6 Å². The first-order valence-corrected chi connectivity index (χ1v) is 13.5. The summed E-state index contributed by atoms with van der Waals surface area (Å²) in [5.74, 6) is -8.29. The van der Waals surface area contributed by atoms with E-state index in [0.717, 1.165) is 7.11 Å². The predicted octanol–water partition coefficient (Wildman–Crippen LogP) is 3.13. The highest BCUT2D eigenvalue weighted by atomic mass is 19.2. The van der Waals surface area contributed by atoms with Crippen LogP contribution in [-0.2, 0) is 15.1 Å². The van der Waals surface area contributed by atoms with Gasteiger partial charge in [0.1, 0.15) is 42.3 Å². The maximum atomic E-state index is 16.7. The number of anilines is 1. The molecule has 9 nitrogen and oxygen atoms in total. The molecule has 0 amide bonds. The van der Waals surface area contributed by atoms with E-state index in [1.165, 1.54) is 48.5 Å². The Morgan fingerprint density at radius 1 is 1.04 bits per heavy atom. The van der Waals surface area contributed by atoms with E-state index in [4.69, 9.17) is 13.9 Å². The number of nitrogens with zero attached hydrogens (tertiary/aromatic N) is 4. The zero-order valence-corrected chi connectivity index (χ0v) is 23.4. The molecule has 2 saturated heterocycles. The van der Waals surface area contributed by atoms with E-state index < -0.39 is 64.8 Å². The molecule has 0 atom stereocenters. The lowest BCUT2D eigenvalue weighted by atomic mass is 9.85. The highest BCUT2D eigenvalue weighted by molar-refractivity contribution is 6.08. The average molecular weight is 625 g/mol. The van der Waals surface area contributed by atoms with E-state index in [2.05, 4.69) is 0 Å². The molecule has 0 spiro atoms. The summed E-state index contributed by atoms with van der Waals surface area (Å²) in [7, 11) is 1.10. The Kier molecular flexibility index (Phi) is 7.43. The molecule has 230 valence electrons. The minimum atomic E-state index is -3.10. The monoisotopic (exact) mass is 624 g/mol. The normalized spacial score (nSPS) is 16.8. The fraction of sp³-hybridized carbons (Fsp3) is 0.290. The predicted molar refractivity (Wildman–Crippen MR) is 145 cm³/mol. The number of rotatable bonds is 7. The van der Waals surface area contributed by atoms with Crippen molar-refractivity contribution in [2.75, 3.05) is 45.0 Å². The third kappa shape index (κ3) is 4.74. The summed E-state index contributed by atoms with van der Waals surface area (Å²) in [4.78, 5) is 14.0. The molecular formula is C31H21F5N4O5. The summed E-state index contributed by atoms with van der Waals surface area (Å²) in [6, 6.07) is 11.5. The second kappa shape index (κ2) is 11.1. The minimum Gasteiger partial charge on any atom is -0.545 e. The molecule has 0 radical (unpaired) electrons. The van der Waals surface area contributed by atoms with Crippen LogP contribution in [0, 0.1) is 40.1 Å².